The zero-order chi connectivity index (χ0) is 27.5. The van der Waals surface area contributed by atoms with Crippen molar-refractivity contribution in [1.29, 1.82) is 0 Å². The predicted molar refractivity (Wildman–Crippen MR) is 154 cm³/mol. The van der Waals surface area contributed by atoms with Gasteiger partial charge in [-0.05, 0) is 60.6 Å². The molecule has 0 aromatic heterocycles. The molecule has 0 saturated carbocycles. The Morgan fingerprint density at radius 2 is 1.72 bits per heavy atom. The van der Waals surface area contributed by atoms with Crippen LogP contribution >= 0.6 is 0 Å². The van der Waals surface area contributed by atoms with Crippen LogP contribution in [-0.4, -0.2) is 68.4 Å². The molecule has 39 heavy (non-hydrogen) atoms. The smallest absolute Gasteiger partial charge is 0.258 e. The molecule has 2 amide bonds. The van der Waals surface area contributed by atoms with Crippen molar-refractivity contribution in [2.45, 2.75) is 6.54 Å². The van der Waals surface area contributed by atoms with Gasteiger partial charge < -0.3 is 26.2 Å². The highest BCUT2D eigenvalue weighted by molar-refractivity contribution is 6.37. The Labute approximate surface area is 227 Å². The van der Waals surface area contributed by atoms with Crippen molar-refractivity contribution in [3.63, 3.8) is 0 Å². The first kappa shape index (κ1) is 26.6. The molecule has 0 bridgehead atoms. The monoisotopic (exact) mass is 528 g/mol. The Kier molecular flexibility index (Phi) is 7.74. The number of likely N-dealkylation sites (N-methyl/N-ethyl adjacent to an activating group) is 2. The van der Waals surface area contributed by atoms with Crippen LogP contribution in [-0.2, 0) is 16.1 Å². The Morgan fingerprint density at radius 1 is 1.03 bits per heavy atom. The maximum absolute atomic E-state index is 13.8. The summed E-state index contributed by atoms with van der Waals surface area (Å²) in [7, 11) is 3.88. The van der Waals surface area contributed by atoms with Gasteiger partial charge in [0, 0.05) is 56.7 Å². The molecule has 9 heteroatoms. The van der Waals surface area contributed by atoms with Crippen molar-refractivity contribution in [3.05, 3.63) is 89.2 Å². The summed E-state index contributed by atoms with van der Waals surface area (Å²) in [4.78, 5) is 32.1. The van der Waals surface area contributed by atoms with E-state index < -0.39 is 5.82 Å². The quantitative estimate of drug-likeness (QED) is 0.407. The maximum atomic E-state index is 13.8. The Morgan fingerprint density at radius 3 is 2.38 bits per heavy atom. The number of anilines is 3. The summed E-state index contributed by atoms with van der Waals surface area (Å²) in [5.74, 6) is -0.694. The molecule has 0 radical (unpaired) electrons. The van der Waals surface area contributed by atoms with E-state index in [2.05, 4.69) is 27.5 Å². The van der Waals surface area contributed by atoms with E-state index in [1.807, 2.05) is 48.5 Å². The van der Waals surface area contributed by atoms with Crippen molar-refractivity contribution >= 4 is 40.1 Å². The molecule has 202 valence electrons. The lowest BCUT2D eigenvalue weighted by molar-refractivity contribution is -0.119. The van der Waals surface area contributed by atoms with Gasteiger partial charge in [0.1, 0.15) is 5.82 Å². The summed E-state index contributed by atoms with van der Waals surface area (Å²) in [6.45, 7) is 4.47. The second kappa shape index (κ2) is 11.4. The van der Waals surface area contributed by atoms with Crippen molar-refractivity contribution < 1.29 is 14.0 Å². The van der Waals surface area contributed by atoms with Crippen LogP contribution in [0.1, 0.15) is 16.7 Å². The van der Waals surface area contributed by atoms with E-state index >= 15 is 0 Å². The number of piperazine rings is 1. The Balaban J connectivity index is 1.40. The van der Waals surface area contributed by atoms with Gasteiger partial charge in [0.2, 0.25) is 5.91 Å². The minimum absolute atomic E-state index is 0.0366. The number of carbonyl (C=O) groups is 2. The van der Waals surface area contributed by atoms with Gasteiger partial charge in [0.05, 0.1) is 23.5 Å². The van der Waals surface area contributed by atoms with Gasteiger partial charge in [-0.15, -0.1) is 0 Å². The van der Waals surface area contributed by atoms with Crippen LogP contribution in [0.25, 0.3) is 11.3 Å². The molecular formula is C30H33FN6O2. The molecule has 0 unspecified atom stereocenters. The maximum Gasteiger partial charge on any atom is 0.258 e. The third-order valence-electron chi connectivity index (χ3n) is 7.31. The fourth-order valence-electron chi connectivity index (χ4n) is 4.84. The third-order valence-corrected chi connectivity index (χ3v) is 7.31. The molecular weight excluding hydrogens is 495 g/mol. The standard InChI is InChI=1S/C30H33FN6O2/c1-35-13-15-37(16-14-35)19-27(38)36(2)24-10-8-23(9-11-24)33-29(21-5-3-20(18-32)4-6-21)28-25-12-7-22(31)17-26(25)34-30(28)39/h3-12,17,33H,13-16,18-19,32H2,1-2H3,(H,34,39)/b29-28-. The Hall–Kier alpha value is -4.05. The van der Waals surface area contributed by atoms with E-state index in [0.717, 1.165) is 48.7 Å². The first-order valence-electron chi connectivity index (χ1n) is 13.0. The number of benzene rings is 3. The topological polar surface area (TPSA) is 93.9 Å². The van der Waals surface area contributed by atoms with E-state index in [4.69, 9.17) is 5.73 Å². The minimum Gasteiger partial charge on any atom is -0.354 e. The average Bonchev–Trinajstić information content (AvgIpc) is 3.27. The molecule has 2 heterocycles. The molecule has 0 aliphatic carbocycles. The lowest BCUT2D eigenvalue weighted by Crippen LogP contribution is -2.48. The number of hydrogen-bond acceptors (Lipinski definition) is 6. The van der Waals surface area contributed by atoms with Gasteiger partial charge in [0.15, 0.2) is 0 Å². The van der Waals surface area contributed by atoms with Gasteiger partial charge in [-0.2, -0.15) is 0 Å². The van der Waals surface area contributed by atoms with Gasteiger partial charge in [-0.25, -0.2) is 4.39 Å². The number of nitrogens with two attached hydrogens (primary N) is 1. The van der Waals surface area contributed by atoms with Gasteiger partial charge in [-0.1, -0.05) is 24.3 Å². The second-order valence-corrected chi connectivity index (χ2v) is 10.00. The third kappa shape index (κ3) is 5.85. The molecule has 4 N–H and O–H groups in total. The summed E-state index contributed by atoms with van der Waals surface area (Å²) in [6, 6.07) is 19.4. The lowest BCUT2D eigenvalue weighted by Gasteiger charge is -2.32. The van der Waals surface area contributed by atoms with Crippen molar-refractivity contribution in [3.8, 4) is 0 Å². The highest BCUT2D eigenvalue weighted by atomic mass is 19.1. The van der Waals surface area contributed by atoms with Gasteiger partial charge in [0.25, 0.3) is 5.91 Å². The largest absolute Gasteiger partial charge is 0.354 e. The molecule has 1 fully saturated rings. The predicted octanol–water partition coefficient (Wildman–Crippen LogP) is 3.43. The van der Waals surface area contributed by atoms with Gasteiger partial charge >= 0.3 is 0 Å². The van der Waals surface area contributed by atoms with E-state index in [1.54, 1.807) is 18.0 Å². The highest BCUT2D eigenvalue weighted by Crippen LogP contribution is 2.38. The highest BCUT2D eigenvalue weighted by Gasteiger charge is 2.29. The summed E-state index contributed by atoms with van der Waals surface area (Å²) in [6.07, 6.45) is 0. The number of nitrogens with one attached hydrogen (secondary N) is 2. The number of fused-ring (bicyclic) bond motifs is 1. The second-order valence-electron chi connectivity index (χ2n) is 10.00. The van der Waals surface area contributed by atoms with Crippen LogP contribution in [0.4, 0.5) is 21.5 Å². The van der Waals surface area contributed by atoms with Crippen molar-refractivity contribution in [2.75, 3.05) is 62.4 Å². The molecule has 2 aliphatic heterocycles. The molecule has 3 aromatic carbocycles. The summed E-state index contributed by atoms with van der Waals surface area (Å²) < 4.78 is 13.8. The van der Waals surface area contributed by atoms with Crippen LogP contribution in [0.3, 0.4) is 0 Å². The van der Waals surface area contributed by atoms with Crippen molar-refractivity contribution in [2.24, 2.45) is 5.73 Å². The number of carbonyl (C=O) groups excluding carboxylic acids is 2. The normalized spacial score (nSPS) is 17.0. The molecule has 5 rings (SSSR count). The number of nitrogens with zero attached hydrogens (tertiary/aromatic N) is 3. The van der Waals surface area contributed by atoms with E-state index in [1.165, 1.54) is 12.1 Å². The summed E-state index contributed by atoms with van der Waals surface area (Å²) in [5.41, 5.74) is 11.1. The zero-order valence-corrected chi connectivity index (χ0v) is 22.2. The molecule has 0 spiro atoms. The molecule has 0 atom stereocenters. The van der Waals surface area contributed by atoms with Crippen LogP contribution in [0.5, 0.6) is 0 Å². The van der Waals surface area contributed by atoms with Crippen LogP contribution in [0.15, 0.2) is 66.7 Å². The number of rotatable bonds is 7. The number of halogens is 1. The zero-order valence-electron chi connectivity index (χ0n) is 22.2. The van der Waals surface area contributed by atoms with Gasteiger partial charge in [-0.3, -0.25) is 14.5 Å². The van der Waals surface area contributed by atoms with E-state index in [0.29, 0.717) is 35.6 Å². The minimum atomic E-state index is -0.418. The fourth-order valence-corrected chi connectivity index (χ4v) is 4.84. The first-order chi connectivity index (χ1) is 18.8. The first-order valence-corrected chi connectivity index (χ1v) is 13.0. The lowest BCUT2D eigenvalue weighted by atomic mass is 9.99. The fraction of sp³-hybridized carbons (Fsp3) is 0.267. The number of hydrogen-bond donors (Lipinski definition) is 3. The van der Waals surface area contributed by atoms with Crippen LogP contribution in [0.2, 0.25) is 0 Å². The van der Waals surface area contributed by atoms with E-state index in [-0.39, 0.29) is 11.8 Å². The SMILES string of the molecule is CN1CCN(CC(=O)N(C)c2ccc(N/C(=C3\C(=O)Nc4cc(F)ccc43)c3ccc(CN)cc3)cc2)CC1. The molecule has 8 nitrogen and oxygen atoms in total. The average molecular weight is 529 g/mol. The molecule has 1 saturated heterocycles. The van der Waals surface area contributed by atoms with Crippen LogP contribution < -0.4 is 21.3 Å². The van der Waals surface area contributed by atoms with E-state index in [9.17, 15) is 14.0 Å². The molecule has 2 aliphatic rings. The number of amides is 2. The van der Waals surface area contributed by atoms with Crippen molar-refractivity contribution in [1.82, 2.24) is 9.80 Å². The van der Waals surface area contributed by atoms with Crippen LogP contribution in [0, 0.1) is 5.82 Å². The summed E-state index contributed by atoms with van der Waals surface area (Å²) in [5, 5.41) is 6.17. The summed E-state index contributed by atoms with van der Waals surface area (Å²) >= 11 is 0. The Bertz CT molecular complexity index is 1400. The molecule has 3 aromatic rings.